The molecule has 102 valence electrons. The molecule has 1 amide bonds. The third-order valence-electron chi connectivity index (χ3n) is 3.24. The number of benzene rings is 1. The van der Waals surface area contributed by atoms with E-state index in [2.05, 4.69) is 5.32 Å². The lowest BCUT2D eigenvalue weighted by Crippen LogP contribution is -2.44. The molecule has 0 spiro atoms. The molecule has 1 aliphatic rings. The van der Waals surface area contributed by atoms with Gasteiger partial charge in [0.05, 0.1) is 5.60 Å². The quantitative estimate of drug-likeness (QED) is 0.828. The molecule has 1 aromatic rings. The highest BCUT2D eigenvalue weighted by atomic mass is 32.2. The Balaban J connectivity index is 1.80. The fourth-order valence-corrected chi connectivity index (χ4v) is 3.23. The summed E-state index contributed by atoms with van der Waals surface area (Å²) < 4.78 is 0. The summed E-state index contributed by atoms with van der Waals surface area (Å²) in [5.74, 6) is 1.77. The topological polar surface area (TPSA) is 49.3 Å². The van der Waals surface area contributed by atoms with E-state index in [1.165, 1.54) is 6.08 Å². The van der Waals surface area contributed by atoms with Crippen LogP contribution in [-0.4, -0.2) is 34.7 Å². The fourth-order valence-electron chi connectivity index (χ4n) is 1.97. The molecule has 1 heterocycles. The lowest BCUT2D eigenvalue weighted by Gasteiger charge is -2.31. The molecule has 1 aliphatic heterocycles. The molecule has 3 nitrogen and oxygen atoms in total. The Hall–Kier alpha value is -1.26. The first-order valence-electron chi connectivity index (χ1n) is 6.49. The SMILES string of the molecule is O=C(/C=C/c1ccccc1)NCC1(O)CCSCC1. The van der Waals surface area contributed by atoms with Gasteiger partial charge in [0.2, 0.25) is 5.91 Å². The van der Waals surface area contributed by atoms with E-state index in [-0.39, 0.29) is 5.91 Å². The molecule has 0 saturated carbocycles. The number of amides is 1. The first-order valence-corrected chi connectivity index (χ1v) is 7.65. The van der Waals surface area contributed by atoms with Crippen LogP contribution in [0.15, 0.2) is 36.4 Å². The minimum Gasteiger partial charge on any atom is -0.388 e. The van der Waals surface area contributed by atoms with Crippen LogP contribution in [-0.2, 0) is 4.79 Å². The lowest BCUT2D eigenvalue weighted by atomic mass is 9.97. The van der Waals surface area contributed by atoms with Gasteiger partial charge in [0.25, 0.3) is 0 Å². The third kappa shape index (κ3) is 4.73. The molecule has 1 fully saturated rings. The number of nitrogens with one attached hydrogen (secondary N) is 1. The van der Waals surface area contributed by atoms with Gasteiger partial charge in [0.15, 0.2) is 0 Å². The number of hydrogen-bond acceptors (Lipinski definition) is 3. The van der Waals surface area contributed by atoms with Gasteiger partial charge in [-0.1, -0.05) is 30.3 Å². The molecule has 2 rings (SSSR count). The minimum absolute atomic E-state index is 0.157. The van der Waals surface area contributed by atoms with E-state index in [0.717, 1.165) is 29.9 Å². The van der Waals surface area contributed by atoms with Gasteiger partial charge in [0, 0.05) is 12.6 Å². The van der Waals surface area contributed by atoms with Gasteiger partial charge in [-0.25, -0.2) is 0 Å². The summed E-state index contributed by atoms with van der Waals surface area (Å²) in [6, 6.07) is 9.68. The van der Waals surface area contributed by atoms with Gasteiger partial charge in [-0.3, -0.25) is 4.79 Å². The minimum atomic E-state index is -0.721. The average Bonchev–Trinajstić information content (AvgIpc) is 2.45. The smallest absolute Gasteiger partial charge is 0.244 e. The van der Waals surface area contributed by atoms with Crippen LogP contribution < -0.4 is 5.32 Å². The molecule has 2 N–H and O–H groups in total. The fraction of sp³-hybridized carbons (Fsp3) is 0.400. The van der Waals surface area contributed by atoms with Gasteiger partial charge in [0.1, 0.15) is 0 Å². The predicted molar refractivity (Wildman–Crippen MR) is 80.0 cm³/mol. The van der Waals surface area contributed by atoms with Crippen molar-refractivity contribution in [2.75, 3.05) is 18.1 Å². The van der Waals surface area contributed by atoms with Crippen molar-refractivity contribution >= 4 is 23.7 Å². The monoisotopic (exact) mass is 277 g/mol. The Morgan fingerprint density at radius 3 is 2.68 bits per heavy atom. The van der Waals surface area contributed by atoms with E-state index in [9.17, 15) is 9.90 Å². The second kappa shape index (κ2) is 6.78. The summed E-state index contributed by atoms with van der Waals surface area (Å²) in [5, 5.41) is 13.0. The molecule has 0 unspecified atom stereocenters. The molecular weight excluding hydrogens is 258 g/mol. The maximum atomic E-state index is 11.7. The van der Waals surface area contributed by atoms with Crippen LogP contribution in [0.3, 0.4) is 0 Å². The maximum absolute atomic E-state index is 11.7. The number of aliphatic hydroxyl groups is 1. The van der Waals surface area contributed by atoms with Gasteiger partial charge in [-0.05, 0) is 36.0 Å². The summed E-state index contributed by atoms with van der Waals surface area (Å²) in [4.78, 5) is 11.7. The molecule has 0 aromatic heterocycles. The molecule has 1 saturated heterocycles. The number of carbonyl (C=O) groups excluding carboxylic acids is 1. The highest BCUT2D eigenvalue weighted by Gasteiger charge is 2.29. The molecule has 19 heavy (non-hydrogen) atoms. The van der Waals surface area contributed by atoms with Crippen LogP contribution in [0, 0.1) is 0 Å². The zero-order chi connectivity index (χ0) is 13.6. The molecule has 4 heteroatoms. The van der Waals surface area contributed by atoms with E-state index in [4.69, 9.17) is 0 Å². The Morgan fingerprint density at radius 1 is 1.32 bits per heavy atom. The largest absolute Gasteiger partial charge is 0.388 e. The van der Waals surface area contributed by atoms with Crippen LogP contribution in [0.2, 0.25) is 0 Å². The Labute approximate surface area is 118 Å². The zero-order valence-electron chi connectivity index (χ0n) is 10.8. The lowest BCUT2D eigenvalue weighted by molar-refractivity contribution is -0.117. The third-order valence-corrected chi connectivity index (χ3v) is 4.23. The second-order valence-corrected chi connectivity index (χ2v) is 6.02. The van der Waals surface area contributed by atoms with E-state index in [0.29, 0.717) is 6.54 Å². The summed E-state index contributed by atoms with van der Waals surface area (Å²) in [6.07, 6.45) is 4.78. The molecule has 1 aromatic carbocycles. The van der Waals surface area contributed by atoms with Gasteiger partial charge >= 0.3 is 0 Å². The Bertz CT molecular complexity index is 439. The van der Waals surface area contributed by atoms with Crippen molar-refractivity contribution in [3.63, 3.8) is 0 Å². The van der Waals surface area contributed by atoms with E-state index >= 15 is 0 Å². The Kier molecular flexibility index (Phi) is 5.05. The second-order valence-electron chi connectivity index (χ2n) is 4.80. The molecule has 0 atom stereocenters. The van der Waals surface area contributed by atoms with E-state index < -0.39 is 5.60 Å². The van der Waals surface area contributed by atoms with Crippen LogP contribution in [0.1, 0.15) is 18.4 Å². The van der Waals surface area contributed by atoms with Crippen molar-refractivity contribution in [2.45, 2.75) is 18.4 Å². The number of hydrogen-bond donors (Lipinski definition) is 2. The molecule has 0 bridgehead atoms. The predicted octanol–water partition coefficient (Wildman–Crippen LogP) is 2.07. The van der Waals surface area contributed by atoms with Crippen molar-refractivity contribution in [1.29, 1.82) is 0 Å². The van der Waals surface area contributed by atoms with Crippen molar-refractivity contribution in [3.8, 4) is 0 Å². The van der Waals surface area contributed by atoms with Gasteiger partial charge in [-0.2, -0.15) is 11.8 Å². The van der Waals surface area contributed by atoms with E-state index in [1.807, 2.05) is 42.1 Å². The summed E-state index contributed by atoms with van der Waals surface area (Å²) in [7, 11) is 0. The number of rotatable bonds is 4. The number of carbonyl (C=O) groups is 1. The molecule has 0 aliphatic carbocycles. The summed E-state index contributed by atoms with van der Waals surface area (Å²) in [6.45, 7) is 0.339. The Morgan fingerprint density at radius 2 is 2.00 bits per heavy atom. The zero-order valence-corrected chi connectivity index (χ0v) is 11.7. The van der Waals surface area contributed by atoms with Gasteiger partial charge in [-0.15, -0.1) is 0 Å². The first-order chi connectivity index (χ1) is 9.18. The van der Waals surface area contributed by atoms with Crippen molar-refractivity contribution in [2.24, 2.45) is 0 Å². The average molecular weight is 277 g/mol. The highest BCUT2D eigenvalue weighted by Crippen LogP contribution is 2.26. The van der Waals surface area contributed by atoms with Crippen LogP contribution in [0.5, 0.6) is 0 Å². The van der Waals surface area contributed by atoms with Gasteiger partial charge < -0.3 is 10.4 Å². The van der Waals surface area contributed by atoms with Crippen LogP contribution in [0.25, 0.3) is 6.08 Å². The van der Waals surface area contributed by atoms with Crippen molar-refractivity contribution in [1.82, 2.24) is 5.32 Å². The van der Waals surface area contributed by atoms with Crippen molar-refractivity contribution in [3.05, 3.63) is 42.0 Å². The first kappa shape index (κ1) is 14.2. The standard InChI is InChI=1S/C15H19NO2S/c17-14(7-6-13-4-2-1-3-5-13)16-12-15(18)8-10-19-11-9-15/h1-7,18H,8-12H2,(H,16,17)/b7-6+. The molecular formula is C15H19NO2S. The summed E-state index contributed by atoms with van der Waals surface area (Å²) in [5.41, 5.74) is 0.270. The highest BCUT2D eigenvalue weighted by molar-refractivity contribution is 7.99. The number of thioether (sulfide) groups is 1. The van der Waals surface area contributed by atoms with Crippen LogP contribution >= 0.6 is 11.8 Å². The normalized spacial score (nSPS) is 18.4. The molecule has 0 radical (unpaired) electrons. The van der Waals surface area contributed by atoms with Crippen molar-refractivity contribution < 1.29 is 9.90 Å². The van der Waals surface area contributed by atoms with E-state index in [1.54, 1.807) is 6.08 Å². The summed E-state index contributed by atoms with van der Waals surface area (Å²) >= 11 is 1.85. The maximum Gasteiger partial charge on any atom is 0.244 e. The van der Waals surface area contributed by atoms with Crippen LogP contribution in [0.4, 0.5) is 0 Å².